The first-order valence-electron chi connectivity index (χ1n) is 9.48. The largest absolute Gasteiger partial charge is 0.382 e. The van der Waals surface area contributed by atoms with Gasteiger partial charge < -0.3 is 9.74 Å². The number of rotatable bonds is 4. The Morgan fingerprint density at radius 2 is 2.07 bits per heavy atom. The van der Waals surface area contributed by atoms with Crippen molar-refractivity contribution in [3.8, 4) is 0 Å². The summed E-state index contributed by atoms with van der Waals surface area (Å²) in [7, 11) is 1.94. The molecular formula is C20H24BrN5O2. The molecule has 1 fully saturated rings. The SMILES string of the molecule is Cc1nn(C)cc1CN1CCN(C(=O)C2CC(c3cccc(Br)c3)=NO2)CC1. The second kappa shape index (κ2) is 8.05. The molecule has 1 aromatic heterocycles. The molecular weight excluding hydrogens is 422 g/mol. The van der Waals surface area contributed by atoms with Crippen molar-refractivity contribution in [2.75, 3.05) is 26.2 Å². The van der Waals surface area contributed by atoms with Gasteiger partial charge in [0.05, 0.1) is 11.4 Å². The van der Waals surface area contributed by atoms with Crippen molar-refractivity contribution in [1.29, 1.82) is 0 Å². The predicted octanol–water partition coefficient (Wildman–Crippen LogP) is 2.33. The van der Waals surface area contributed by atoms with Gasteiger partial charge >= 0.3 is 0 Å². The number of carbonyl (C=O) groups excluding carboxylic acids is 1. The Labute approximate surface area is 173 Å². The zero-order valence-electron chi connectivity index (χ0n) is 16.1. The molecule has 0 radical (unpaired) electrons. The van der Waals surface area contributed by atoms with E-state index in [0.29, 0.717) is 19.5 Å². The number of halogens is 1. The fraction of sp³-hybridized carbons (Fsp3) is 0.450. The maximum Gasteiger partial charge on any atom is 0.266 e. The van der Waals surface area contributed by atoms with E-state index < -0.39 is 6.10 Å². The van der Waals surface area contributed by atoms with E-state index >= 15 is 0 Å². The van der Waals surface area contributed by atoms with Gasteiger partial charge in [-0.15, -0.1) is 0 Å². The highest BCUT2D eigenvalue weighted by atomic mass is 79.9. The highest BCUT2D eigenvalue weighted by Crippen LogP contribution is 2.21. The van der Waals surface area contributed by atoms with Crippen LogP contribution in [0.4, 0.5) is 0 Å². The second-order valence-corrected chi connectivity index (χ2v) is 8.28. The van der Waals surface area contributed by atoms with Gasteiger partial charge in [-0.25, -0.2) is 0 Å². The van der Waals surface area contributed by atoms with E-state index in [1.54, 1.807) is 0 Å². The first-order valence-corrected chi connectivity index (χ1v) is 10.3. The molecule has 0 bridgehead atoms. The standard InChI is InChI=1S/C20H24BrN5O2/c1-14-16(12-24(2)22-14)13-25-6-8-26(9-7-25)20(27)19-11-18(23-28-19)15-4-3-5-17(21)10-15/h3-5,10,12,19H,6-9,11,13H2,1-2H3. The molecule has 0 spiro atoms. The van der Waals surface area contributed by atoms with Gasteiger partial charge in [-0.3, -0.25) is 14.4 Å². The minimum atomic E-state index is -0.513. The van der Waals surface area contributed by atoms with Gasteiger partial charge in [0.2, 0.25) is 6.10 Å². The average molecular weight is 446 g/mol. The molecule has 0 saturated carbocycles. The third-order valence-electron chi connectivity index (χ3n) is 5.30. The first-order chi connectivity index (χ1) is 13.5. The van der Waals surface area contributed by atoms with Crippen LogP contribution in [0.25, 0.3) is 0 Å². The van der Waals surface area contributed by atoms with E-state index in [2.05, 4.69) is 37.3 Å². The molecule has 7 nitrogen and oxygen atoms in total. The number of hydrogen-bond acceptors (Lipinski definition) is 5. The molecule has 1 aromatic carbocycles. The average Bonchev–Trinajstić information content (AvgIpc) is 3.29. The van der Waals surface area contributed by atoms with Crippen molar-refractivity contribution in [3.63, 3.8) is 0 Å². The summed E-state index contributed by atoms with van der Waals surface area (Å²) < 4.78 is 2.84. The van der Waals surface area contributed by atoms with Crippen LogP contribution in [-0.2, 0) is 23.2 Å². The first kappa shape index (κ1) is 19.1. The minimum Gasteiger partial charge on any atom is -0.382 e. The van der Waals surface area contributed by atoms with Crippen molar-refractivity contribution in [3.05, 3.63) is 51.8 Å². The zero-order chi connectivity index (χ0) is 19.7. The Bertz CT molecular complexity index is 902. The molecule has 1 unspecified atom stereocenters. The van der Waals surface area contributed by atoms with Gasteiger partial charge in [0.25, 0.3) is 5.91 Å². The summed E-state index contributed by atoms with van der Waals surface area (Å²) in [6, 6.07) is 7.91. The summed E-state index contributed by atoms with van der Waals surface area (Å²) in [6.45, 7) is 6.04. The Kier molecular flexibility index (Phi) is 5.50. The van der Waals surface area contributed by atoms with E-state index in [-0.39, 0.29) is 5.91 Å². The van der Waals surface area contributed by atoms with E-state index in [1.807, 2.05) is 47.8 Å². The van der Waals surface area contributed by atoms with E-state index in [0.717, 1.165) is 41.1 Å². The zero-order valence-corrected chi connectivity index (χ0v) is 17.7. The van der Waals surface area contributed by atoms with Gasteiger partial charge in [0.1, 0.15) is 0 Å². The quantitative estimate of drug-likeness (QED) is 0.724. The molecule has 1 atom stereocenters. The lowest BCUT2D eigenvalue weighted by molar-refractivity contribution is -0.143. The molecule has 0 aliphatic carbocycles. The van der Waals surface area contributed by atoms with Crippen LogP contribution in [0.1, 0.15) is 23.2 Å². The minimum absolute atomic E-state index is 0.0333. The normalized spacial score (nSPS) is 20.2. The molecule has 28 heavy (non-hydrogen) atoms. The molecule has 2 aliphatic rings. The van der Waals surface area contributed by atoms with E-state index in [1.165, 1.54) is 5.56 Å². The number of piperazine rings is 1. The summed E-state index contributed by atoms with van der Waals surface area (Å²) in [5.74, 6) is 0.0333. The topological polar surface area (TPSA) is 63.0 Å². The molecule has 1 amide bonds. The van der Waals surface area contributed by atoms with Crippen LogP contribution in [0, 0.1) is 6.92 Å². The number of aryl methyl sites for hydroxylation is 2. The highest BCUT2D eigenvalue weighted by molar-refractivity contribution is 9.10. The Morgan fingerprint density at radius 1 is 1.29 bits per heavy atom. The molecule has 2 aliphatic heterocycles. The van der Waals surface area contributed by atoms with Crippen molar-refractivity contribution in [2.24, 2.45) is 12.2 Å². The van der Waals surface area contributed by atoms with Crippen LogP contribution >= 0.6 is 15.9 Å². The second-order valence-electron chi connectivity index (χ2n) is 7.36. The summed E-state index contributed by atoms with van der Waals surface area (Å²) in [4.78, 5) is 22.6. The van der Waals surface area contributed by atoms with Crippen LogP contribution in [0.2, 0.25) is 0 Å². The summed E-state index contributed by atoms with van der Waals surface area (Å²) in [6.07, 6.45) is 2.07. The lowest BCUT2D eigenvalue weighted by Gasteiger charge is -2.35. The van der Waals surface area contributed by atoms with E-state index in [9.17, 15) is 4.79 Å². The summed E-state index contributed by atoms with van der Waals surface area (Å²) in [5.41, 5.74) is 4.12. The lowest BCUT2D eigenvalue weighted by atomic mass is 10.0. The molecule has 3 heterocycles. The predicted molar refractivity (Wildman–Crippen MR) is 110 cm³/mol. The molecule has 148 valence electrons. The maximum absolute atomic E-state index is 12.9. The van der Waals surface area contributed by atoms with Crippen LogP contribution in [0.5, 0.6) is 0 Å². The van der Waals surface area contributed by atoms with Crippen molar-refractivity contribution >= 4 is 27.5 Å². The van der Waals surface area contributed by atoms with Crippen molar-refractivity contribution in [2.45, 2.75) is 26.0 Å². The fourth-order valence-electron chi connectivity index (χ4n) is 3.72. The van der Waals surface area contributed by atoms with Crippen LogP contribution in [0.15, 0.2) is 40.1 Å². The Hall–Kier alpha value is -2.19. The third kappa shape index (κ3) is 4.12. The maximum atomic E-state index is 12.9. The molecule has 4 rings (SSSR count). The summed E-state index contributed by atoms with van der Waals surface area (Å²) in [5, 5.41) is 8.56. The fourth-order valence-corrected chi connectivity index (χ4v) is 4.12. The van der Waals surface area contributed by atoms with Gasteiger partial charge in [0.15, 0.2) is 0 Å². The number of carbonyl (C=O) groups is 1. The van der Waals surface area contributed by atoms with Gasteiger partial charge in [-0.05, 0) is 19.1 Å². The number of aromatic nitrogens is 2. The number of nitrogens with zero attached hydrogens (tertiary/aromatic N) is 5. The van der Waals surface area contributed by atoms with Crippen molar-refractivity contribution < 1.29 is 9.63 Å². The molecule has 1 saturated heterocycles. The Balaban J connectivity index is 1.29. The lowest BCUT2D eigenvalue weighted by Crippen LogP contribution is -2.51. The highest BCUT2D eigenvalue weighted by Gasteiger charge is 2.34. The van der Waals surface area contributed by atoms with Crippen LogP contribution in [-0.4, -0.2) is 63.5 Å². The van der Waals surface area contributed by atoms with Crippen LogP contribution < -0.4 is 0 Å². The molecule has 2 aromatic rings. The van der Waals surface area contributed by atoms with E-state index in [4.69, 9.17) is 4.84 Å². The molecule has 8 heteroatoms. The van der Waals surface area contributed by atoms with Gasteiger partial charge in [0, 0.05) is 68.0 Å². The van der Waals surface area contributed by atoms with Gasteiger partial charge in [-0.1, -0.05) is 33.2 Å². The number of hydrogen-bond donors (Lipinski definition) is 0. The summed E-state index contributed by atoms with van der Waals surface area (Å²) >= 11 is 3.47. The van der Waals surface area contributed by atoms with Crippen molar-refractivity contribution in [1.82, 2.24) is 19.6 Å². The molecule has 0 N–H and O–H groups in total. The smallest absolute Gasteiger partial charge is 0.266 e. The number of oxime groups is 1. The third-order valence-corrected chi connectivity index (χ3v) is 5.79. The van der Waals surface area contributed by atoms with Crippen LogP contribution in [0.3, 0.4) is 0 Å². The monoisotopic (exact) mass is 445 g/mol. The van der Waals surface area contributed by atoms with Gasteiger partial charge in [-0.2, -0.15) is 5.10 Å². The number of amides is 1. The number of benzene rings is 1. The Morgan fingerprint density at radius 3 is 2.75 bits per heavy atom.